The summed E-state index contributed by atoms with van der Waals surface area (Å²) < 4.78 is 9.85. The van der Waals surface area contributed by atoms with Gasteiger partial charge in [-0.15, -0.1) is 9.22 Å². The van der Waals surface area contributed by atoms with Crippen LogP contribution in [-0.4, -0.2) is 20.1 Å². The largest absolute Gasteiger partial charge is 0.508 e. The number of allylic oxidation sites excluding steroid dienone is 1. The van der Waals surface area contributed by atoms with Gasteiger partial charge in [0.15, 0.2) is 0 Å². The standard InChI is InChI=1S/C17H9N5O2S/c18-8-12-1-3-15(4-2-12)24-17(10-20-16-21-11-22-25-16)6-5-14(23)7-13(17)9-19/h1-5,7,11H,6H2/p+1. The van der Waals surface area contributed by atoms with Gasteiger partial charge in [-0.1, -0.05) is 0 Å². The van der Waals surface area contributed by atoms with Crippen molar-refractivity contribution in [3.8, 4) is 24.0 Å². The van der Waals surface area contributed by atoms with E-state index in [4.69, 9.17) is 10.00 Å². The van der Waals surface area contributed by atoms with E-state index in [1.807, 2.05) is 12.1 Å². The van der Waals surface area contributed by atoms with Crippen molar-refractivity contribution in [2.24, 2.45) is 0 Å². The van der Waals surface area contributed by atoms with Gasteiger partial charge in [0.05, 0.1) is 28.7 Å². The summed E-state index contributed by atoms with van der Waals surface area (Å²) in [6.07, 6.45) is 4.37. The highest BCUT2D eigenvalue weighted by molar-refractivity contribution is 7.09. The highest BCUT2D eigenvalue weighted by Gasteiger charge is 2.41. The average molecular weight is 348 g/mol. The Morgan fingerprint density at radius 1 is 1.24 bits per heavy atom. The molecule has 0 saturated heterocycles. The quantitative estimate of drug-likeness (QED) is 0.890. The fraction of sp³-hybridized carbons (Fsp3) is 0.118. The zero-order chi connectivity index (χ0) is 17.7. The number of benzene rings is 1. The summed E-state index contributed by atoms with van der Waals surface area (Å²) >= 11 is 1.08. The molecule has 1 heterocycles. The Hall–Kier alpha value is -3.67. The van der Waals surface area contributed by atoms with Gasteiger partial charge in [-0.25, -0.2) is 0 Å². The van der Waals surface area contributed by atoms with Crippen LogP contribution in [0.2, 0.25) is 0 Å². The van der Waals surface area contributed by atoms with Crippen molar-refractivity contribution < 1.29 is 9.84 Å². The SMILES string of the molecule is N#CC1=CC(O)=CCC1(C#[N+]c1ncns1)Oc1ccc(C#N)cc1. The van der Waals surface area contributed by atoms with Crippen LogP contribution in [0.1, 0.15) is 12.0 Å². The number of hydrogen-bond acceptors (Lipinski definition) is 7. The molecular weight excluding hydrogens is 338 g/mol. The first kappa shape index (κ1) is 16.2. The Morgan fingerprint density at radius 2 is 2.04 bits per heavy atom. The second-order valence-corrected chi connectivity index (χ2v) is 5.77. The van der Waals surface area contributed by atoms with Crippen LogP contribution in [0.25, 0.3) is 4.85 Å². The summed E-state index contributed by atoms with van der Waals surface area (Å²) in [5, 5.41) is 28.4. The predicted octanol–water partition coefficient (Wildman–Crippen LogP) is 3.49. The molecular formula is C17H10N5O2S+. The summed E-state index contributed by atoms with van der Waals surface area (Å²) in [7, 11) is 0. The second kappa shape index (κ2) is 6.84. The lowest BCUT2D eigenvalue weighted by Crippen LogP contribution is -2.37. The molecule has 0 aliphatic heterocycles. The summed E-state index contributed by atoms with van der Waals surface area (Å²) in [4.78, 5) is 8.08. The fourth-order valence-corrected chi connectivity index (χ4v) is 2.55. The van der Waals surface area contributed by atoms with Crippen molar-refractivity contribution in [1.29, 1.82) is 10.5 Å². The van der Waals surface area contributed by atoms with Gasteiger partial charge in [0.1, 0.15) is 17.6 Å². The molecule has 120 valence electrons. The molecule has 0 spiro atoms. The lowest BCUT2D eigenvalue weighted by Gasteiger charge is -2.27. The number of rotatable bonds is 2. The lowest BCUT2D eigenvalue weighted by molar-refractivity contribution is 0.171. The van der Waals surface area contributed by atoms with E-state index in [0.717, 1.165) is 11.5 Å². The Kier molecular flexibility index (Phi) is 4.43. The first-order valence-electron chi connectivity index (χ1n) is 7.10. The molecule has 25 heavy (non-hydrogen) atoms. The molecule has 1 atom stereocenters. The Labute approximate surface area is 147 Å². The molecule has 1 N–H and O–H groups in total. The number of aliphatic hydroxyl groups excluding tert-OH is 1. The van der Waals surface area contributed by atoms with Crippen LogP contribution in [0.4, 0.5) is 5.13 Å². The van der Waals surface area contributed by atoms with Gasteiger partial charge in [-0.2, -0.15) is 10.5 Å². The fourth-order valence-electron chi connectivity index (χ4n) is 2.18. The zero-order valence-corrected chi connectivity index (χ0v) is 13.6. The van der Waals surface area contributed by atoms with Gasteiger partial charge in [0, 0.05) is 11.4 Å². The van der Waals surface area contributed by atoms with Crippen LogP contribution >= 0.6 is 11.5 Å². The van der Waals surface area contributed by atoms with Crippen molar-refractivity contribution in [3.63, 3.8) is 0 Å². The molecule has 1 unspecified atom stereocenters. The van der Waals surface area contributed by atoms with Crippen LogP contribution in [0.5, 0.6) is 5.75 Å². The molecule has 0 bridgehead atoms. The molecule has 3 rings (SSSR count). The lowest BCUT2D eigenvalue weighted by atomic mass is 9.87. The van der Waals surface area contributed by atoms with E-state index in [2.05, 4.69) is 20.3 Å². The number of nitrogens with zero attached hydrogens (tertiary/aromatic N) is 5. The summed E-state index contributed by atoms with van der Waals surface area (Å²) in [5.41, 5.74) is -0.656. The monoisotopic (exact) mass is 348 g/mol. The maximum atomic E-state index is 9.69. The molecule has 0 radical (unpaired) electrons. The summed E-state index contributed by atoms with van der Waals surface area (Å²) in [6, 6.07) is 13.4. The first-order chi connectivity index (χ1) is 12.1. The first-order valence-corrected chi connectivity index (χ1v) is 7.88. The molecule has 1 aliphatic carbocycles. The normalized spacial score (nSPS) is 18.6. The van der Waals surface area contributed by atoms with Gasteiger partial charge in [-0.3, -0.25) is 0 Å². The Bertz CT molecular complexity index is 985. The Balaban J connectivity index is 2.02. The third kappa shape index (κ3) is 3.48. The van der Waals surface area contributed by atoms with E-state index in [-0.39, 0.29) is 17.8 Å². The van der Waals surface area contributed by atoms with Crippen LogP contribution in [0, 0.1) is 28.7 Å². The van der Waals surface area contributed by atoms with Gasteiger partial charge >= 0.3 is 5.13 Å². The minimum absolute atomic E-state index is 0.0201. The number of nitriles is 2. The number of ether oxygens (including phenoxy) is 1. The van der Waals surface area contributed by atoms with E-state index in [9.17, 15) is 10.4 Å². The van der Waals surface area contributed by atoms with Crippen LogP contribution < -0.4 is 4.74 Å². The molecule has 8 heteroatoms. The van der Waals surface area contributed by atoms with Gasteiger partial charge in [0.2, 0.25) is 12.4 Å². The molecule has 0 amide bonds. The van der Waals surface area contributed by atoms with Crippen molar-refractivity contribution in [2.75, 3.05) is 0 Å². The molecule has 1 aromatic heterocycles. The van der Waals surface area contributed by atoms with Crippen molar-refractivity contribution >= 4 is 16.7 Å². The van der Waals surface area contributed by atoms with E-state index in [0.29, 0.717) is 16.4 Å². The third-order valence-electron chi connectivity index (χ3n) is 3.40. The van der Waals surface area contributed by atoms with Crippen molar-refractivity contribution in [2.45, 2.75) is 12.0 Å². The van der Waals surface area contributed by atoms with E-state index < -0.39 is 5.60 Å². The summed E-state index contributed by atoms with van der Waals surface area (Å²) in [6.45, 7) is 0. The number of aromatic nitrogens is 2. The third-order valence-corrected chi connectivity index (χ3v) is 3.96. The van der Waals surface area contributed by atoms with E-state index >= 15 is 0 Å². The van der Waals surface area contributed by atoms with Crippen molar-refractivity contribution in [1.82, 2.24) is 9.36 Å². The minimum atomic E-state index is -1.30. The minimum Gasteiger partial charge on any atom is -0.508 e. The molecule has 1 aromatic carbocycles. The van der Waals surface area contributed by atoms with Crippen LogP contribution in [0.3, 0.4) is 0 Å². The van der Waals surface area contributed by atoms with Gasteiger partial charge in [-0.05, 0) is 36.4 Å². The molecule has 1 aliphatic rings. The smallest absolute Gasteiger partial charge is 0.504 e. The molecule has 0 fully saturated rings. The predicted molar refractivity (Wildman–Crippen MR) is 90.4 cm³/mol. The summed E-state index contributed by atoms with van der Waals surface area (Å²) in [5.74, 6) is 0.420. The highest BCUT2D eigenvalue weighted by atomic mass is 32.1. The average Bonchev–Trinajstić information content (AvgIpc) is 3.16. The van der Waals surface area contributed by atoms with Crippen LogP contribution in [0.15, 0.2) is 54.1 Å². The van der Waals surface area contributed by atoms with Gasteiger partial charge in [0.25, 0.3) is 5.60 Å². The molecule has 0 saturated carbocycles. The topological polar surface area (TPSA) is 107 Å². The van der Waals surface area contributed by atoms with E-state index in [1.54, 1.807) is 24.3 Å². The molecule has 7 nitrogen and oxygen atoms in total. The Morgan fingerprint density at radius 3 is 2.68 bits per heavy atom. The second-order valence-electron chi connectivity index (χ2n) is 5.02. The van der Waals surface area contributed by atoms with E-state index in [1.165, 1.54) is 18.5 Å². The maximum absolute atomic E-state index is 9.69. The highest BCUT2D eigenvalue weighted by Crippen LogP contribution is 2.33. The maximum Gasteiger partial charge on any atom is 0.504 e. The van der Waals surface area contributed by atoms with Gasteiger partial charge < -0.3 is 9.84 Å². The zero-order valence-electron chi connectivity index (χ0n) is 12.7. The van der Waals surface area contributed by atoms with Crippen LogP contribution in [-0.2, 0) is 0 Å². The van der Waals surface area contributed by atoms with Crippen molar-refractivity contribution in [3.05, 3.63) is 64.5 Å². The number of hydrogen-bond donors (Lipinski definition) is 1. The molecule has 2 aromatic rings. The number of aliphatic hydroxyl groups is 1.